The topological polar surface area (TPSA) is 56.6 Å². The predicted octanol–water partition coefficient (Wildman–Crippen LogP) is 1.66. The largest absolute Gasteiger partial charge is 0.329 e. The lowest BCUT2D eigenvalue weighted by Gasteiger charge is -1.83. The van der Waals surface area contributed by atoms with Crippen LogP contribution in [0.3, 0.4) is 0 Å². The Morgan fingerprint density at radius 1 is 1.62 bits per heavy atom. The summed E-state index contributed by atoms with van der Waals surface area (Å²) in [6.45, 7) is 0. The first-order valence-electron chi connectivity index (χ1n) is 3.78. The van der Waals surface area contributed by atoms with E-state index >= 15 is 0 Å². The fraction of sp³-hybridized carbons (Fsp3) is 0.111. The van der Waals surface area contributed by atoms with Gasteiger partial charge in [0.05, 0.1) is 17.9 Å². The third-order valence-corrected chi connectivity index (χ3v) is 2.86. The lowest BCUT2D eigenvalue weighted by molar-refractivity contribution is 1.28. The lowest BCUT2D eigenvalue weighted by atomic mass is 10.3. The van der Waals surface area contributed by atoms with Gasteiger partial charge in [0.15, 0.2) is 0 Å². The highest BCUT2D eigenvalue weighted by molar-refractivity contribution is 7.19. The van der Waals surface area contributed by atoms with Crippen LogP contribution in [0.2, 0.25) is 0 Å². The molecule has 0 aromatic carbocycles. The van der Waals surface area contributed by atoms with Gasteiger partial charge in [-0.15, -0.1) is 11.3 Å². The van der Waals surface area contributed by atoms with Gasteiger partial charge in [0, 0.05) is 15.8 Å². The van der Waals surface area contributed by atoms with E-state index in [9.17, 15) is 4.79 Å². The summed E-state index contributed by atoms with van der Waals surface area (Å²) >= 11 is 1.49. The molecule has 2 aromatic heterocycles. The Morgan fingerprint density at radius 3 is 3.15 bits per heavy atom. The van der Waals surface area contributed by atoms with Crippen LogP contribution in [0.1, 0.15) is 4.88 Å². The molecule has 0 aliphatic carbocycles. The molecule has 0 aliphatic heterocycles. The van der Waals surface area contributed by atoms with Crippen LogP contribution in [0, 0.1) is 11.3 Å². The highest BCUT2D eigenvalue weighted by atomic mass is 32.1. The molecular formula is C9H6N2OS. The Morgan fingerprint density at radius 2 is 2.46 bits per heavy atom. The first-order valence-corrected chi connectivity index (χ1v) is 4.60. The van der Waals surface area contributed by atoms with E-state index < -0.39 is 0 Å². The summed E-state index contributed by atoms with van der Waals surface area (Å²) in [5, 5.41) is 9.16. The van der Waals surface area contributed by atoms with Crippen molar-refractivity contribution < 1.29 is 0 Å². The van der Waals surface area contributed by atoms with Gasteiger partial charge in [0.2, 0.25) is 0 Å². The molecule has 0 atom stereocenters. The number of rotatable bonds is 1. The van der Waals surface area contributed by atoms with Gasteiger partial charge in [0.25, 0.3) is 5.56 Å². The van der Waals surface area contributed by atoms with Gasteiger partial charge >= 0.3 is 0 Å². The van der Waals surface area contributed by atoms with Crippen molar-refractivity contribution in [1.29, 1.82) is 5.26 Å². The van der Waals surface area contributed by atoms with E-state index in [1.54, 1.807) is 12.3 Å². The summed E-state index contributed by atoms with van der Waals surface area (Å²) in [6, 6.07) is 5.69. The highest BCUT2D eigenvalue weighted by Gasteiger charge is 2.03. The number of aromatic amines is 1. The molecule has 1 N–H and O–H groups in total. The van der Waals surface area contributed by atoms with Crippen LogP contribution in [0.25, 0.3) is 10.1 Å². The van der Waals surface area contributed by atoms with Crippen LogP contribution >= 0.6 is 11.3 Å². The number of aromatic nitrogens is 1. The SMILES string of the molecule is N#CCc1cc2c(=O)[nH]ccc2s1. The molecule has 0 saturated carbocycles. The molecule has 4 heteroatoms. The second-order valence-electron chi connectivity index (χ2n) is 2.63. The fourth-order valence-corrected chi connectivity index (χ4v) is 2.19. The van der Waals surface area contributed by atoms with E-state index in [0.29, 0.717) is 11.8 Å². The molecule has 0 saturated heterocycles. The standard InChI is InChI=1S/C9H6N2OS/c10-3-1-6-5-7-8(13-6)2-4-11-9(7)12/h2,4-5H,1H2,(H,11,12). The Bertz CT molecular complexity index is 532. The minimum Gasteiger partial charge on any atom is -0.329 e. The number of thiophene rings is 1. The quantitative estimate of drug-likeness (QED) is 0.743. The number of fused-ring (bicyclic) bond motifs is 1. The Labute approximate surface area is 78.3 Å². The molecule has 2 aromatic rings. The third-order valence-electron chi connectivity index (χ3n) is 1.76. The molecule has 2 heterocycles. The molecule has 64 valence electrons. The molecule has 0 aliphatic rings. The normalized spacial score (nSPS) is 10.1. The van der Waals surface area contributed by atoms with E-state index in [1.807, 2.05) is 6.07 Å². The van der Waals surface area contributed by atoms with Crippen molar-refractivity contribution in [1.82, 2.24) is 4.98 Å². The Balaban J connectivity index is 2.70. The van der Waals surface area contributed by atoms with Crippen LogP contribution in [0.5, 0.6) is 0 Å². The van der Waals surface area contributed by atoms with Crippen LogP contribution in [0.15, 0.2) is 23.1 Å². The van der Waals surface area contributed by atoms with Gasteiger partial charge in [-0.25, -0.2) is 0 Å². The van der Waals surface area contributed by atoms with Crippen LogP contribution in [-0.4, -0.2) is 4.98 Å². The van der Waals surface area contributed by atoms with Gasteiger partial charge in [0.1, 0.15) is 0 Å². The number of nitrogens with zero attached hydrogens (tertiary/aromatic N) is 1. The summed E-state index contributed by atoms with van der Waals surface area (Å²) in [5.74, 6) is 0. The van der Waals surface area contributed by atoms with Crippen LogP contribution in [-0.2, 0) is 6.42 Å². The molecule has 13 heavy (non-hydrogen) atoms. The van der Waals surface area contributed by atoms with Crippen molar-refractivity contribution in [3.63, 3.8) is 0 Å². The zero-order chi connectivity index (χ0) is 9.26. The molecule has 3 nitrogen and oxygen atoms in total. The van der Waals surface area contributed by atoms with Gasteiger partial charge in [-0.05, 0) is 12.1 Å². The van der Waals surface area contributed by atoms with Gasteiger partial charge in [-0.2, -0.15) is 5.26 Å². The second kappa shape index (κ2) is 3.04. The molecule has 0 fully saturated rings. The minimum absolute atomic E-state index is 0.0852. The monoisotopic (exact) mass is 190 g/mol. The van der Waals surface area contributed by atoms with E-state index in [2.05, 4.69) is 11.1 Å². The minimum atomic E-state index is -0.0852. The first kappa shape index (κ1) is 8.02. The molecule has 2 rings (SSSR count). The van der Waals surface area contributed by atoms with Crippen LogP contribution < -0.4 is 5.56 Å². The van der Waals surface area contributed by atoms with Gasteiger partial charge in [-0.1, -0.05) is 0 Å². The summed E-state index contributed by atoms with van der Waals surface area (Å²) in [5.41, 5.74) is -0.0852. The predicted molar refractivity (Wildman–Crippen MR) is 51.8 cm³/mol. The van der Waals surface area contributed by atoms with Gasteiger partial charge in [-0.3, -0.25) is 4.79 Å². The number of pyridine rings is 1. The van der Waals surface area contributed by atoms with E-state index in [4.69, 9.17) is 5.26 Å². The molecule has 0 bridgehead atoms. The maximum Gasteiger partial charge on any atom is 0.256 e. The van der Waals surface area contributed by atoms with Crippen molar-refractivity contribution in [3.05, 3.63) is 33.6 Å². The average Bonchev–Trinajstić information content (AvgIpc) is 2.49. The maximum absolute atomic E-state index is 11.3. The Hall–Kier alpha value is -1.60. The summed E-state index contributed by atoms with van der Waals surface area (Å²) in [7, 11) is 0. The summed E-state index contributed by atoms with van der Waals surface area (Å²) in [6.07, 6.45) is 2.00. The molecule has 0 radical (unpaired) electrons. The molecule has 0 unspecified atom stereocenters. The van der Waals surface area contributed by atoms with Crippen LogP contribution in [0.4, 0.5) is 0 Å². The number of nitriles is 1. The third kappa shape index (κ3) is 1.34. The second-order valence-corrected chi connectivity index (χ2v) is 3.80. The van der Waals surface area contributed by atoms with E-state index in [-0.39, 0.29) is 5.56 Å². The lowest BCUT2D eigenvalue weighted by Crippen LogP contribution is -2.01. The number of nitrogens with one attached hydrogen (secondary N) is 1. The number of hydrogen-bond acceptors (Lipinski definition) is 3. The Kier molecular flexibility index (Phi) is 1.87. The number of H-pyrrole nitrogens is 1. The summed E-state index contributed by atoms with van der Waals surface area (Å²) in [4.78, 5) is 14.8. The number of hydrogen-bond donors (Lipinski definition) is 1. The smallest absolute Gasteiger partial charge is 0.256 e. The van der Waals surface area contributed by atoms with Crippen molar-refractivity contribution in [2.24, 2.45) is 0 Å². The van der Waals surface area contributed by atoms with E-state index in [1.165, 1.54) is 11.3 Å². The van der Waals surface area contributed by atoms with Gasteiger partial charge < -0.3 is 4.98 Å². The molecular weight excluding hydrogens is 184 g/mol. The first-order chi connectivity index (χ1) is 6.31. The summed E-state index contributed by atoms with van der Waals surface area (Å²) < 4.78 is 0.939. The average molecular weight is 190 g/mol. The zero-order valence-electron chi connectivity index (χ0n) is 6.70. The maximum atomic E-state index is 11.3. The van der Waals surface area contributed by atoms with Crippen molar-refractivity contribution in [2.45, 2.75) is 6.42 Å². The van der Waals surface area contributed by atoms with E-state index in [0.717, 1.165) is 9.58 Å². The fourth-order valence-electron chi connectivity index (χ4n) is 1.19. The van der Waals surface area contributed by atoms with Crippen molar-refractivity contribution in [3.8, 4) is 6.07 Å². The molecule has 0 spiro atoms. The van der Waals surface area contributed by atoms with Crippen molar-refractivity contribution in [2.75, 3.05) is 0 Å². The zero-order valence-corrected chi connectivity index (χ0v) is 7.52. The molecule has 0 amide bonds. The van der Waals surface area contributed by atoms with Crippen molar-refractivity contribution >= 4 is 21.4 Å². The highest BCUT2D eigenvalue weighted by Crippen LogP contribution is 2.22.